The van der Waals surface area contributed by atoms with Crippen LogP contribution in [0, 0.1) is 0 Å². The molecule has 0 fully saturated rings. The molecular formula is C18H18ClNO3. The minimum Gasteiger partial charge on any atom is -0.486 e. The maximum atomic E-state index is 12.7. The molecule has 4 nitrogen and oxygen atoms in total. The molecule has 0 saturated heterocycles. The van der Waals surface area contributed by atoms with Crippen LogP contribution in [-0.4, -0.2) is 19.1 Å². The first-order valence-electron chi connectivity index (χ1n) is 7.44. The Hall–Kier alpha value is -2.20. The molecule has 0 saturated carbocycles. The van der Waals surface area contributed by atoms with Gasteiger partial charge in [-0.25, -0.2) is 0 Å². The van der Waals surface area contributed by atoms with Gasteiger partial charge in [0.15, 0.2) is 11.5 Å². The van der Waals surface area contributed by atoms with Crippen LogP contribution in [0.25, 0.3) is 0 Å². The second-order valence-corrected chi connectivity index (χ2v) is 6.32. The van der Waals surface area contributed by atoms with E-state index in [0.29, 0.717) is 35.4 Å². The fourth-order valence-electron chi connectivity index (χ4n) is 2.40. The molecule has 0 bridgehead atoms. The average molecular weight is 332 g/mol. The lowest BCUT2D eigenvalue weighted by Gasteiger charge is -2.26. The third kappa shape index (κ3) is 3.13. The molecule has 2 aromatic carbocycles. The number of fused-ring (bicyclic) bond motifs is 1. The number of benzene rings is 2. The summed E-state index contributed by atoms with van der Waals surface area (Å²) in [6.07, 6.45) is 0. The smallest absolute Gasteiger partial charge is 0.234 e. The zero-order valence-corrected chi connectivity index (χ0v) is 13.8. The van der Waals surface area contributed by atoms with Crippen molar-refractivity contribution in [2.24, 2.45) is 0 Å². The summed E-state index contributed by atoms with van der Waals surface area (Å²) in [4.78, 5) is 12.7. The summed E-state index contributed by atoms with van der Waals surface area (Å²) >= 11 is 6.11. The van der Waals surface area contributed by atoms with Crippen LogP contribution in [0.15, 0.2) is 42.5 Å². The fraction of sp³-hybridized carbons (Fsp3) is 0.278. The highest BCUT2D eigenvalue weighted by atomic mass is 35.5. The molecule has 0 aliphatic carbocycles. The van der Waals surface area contributed by atoms with Gasteiger partial charge in [-0.3, -0.25) is 4.79 Å². The Morgan fingerprint density at radius 1 is 1.09 bits per heavy atom. The van der Waals surface area contributed by atoms with Gasteiger partial charge >= 0.3 is 0 Å². The van der Waals surface area contributed by atoms with Crippen LogP contribution < -0.4 is 14.8 Å². The van der Waals surface area contributed by atoms with Gasteiger partial charge in [0, 0.05) is 0 Å². The highest BCUT2D eigenvalue weighted by molar-refractivity contribution is 6.33. The normalized spacial score (nSPS) is 13.5. The summed E-state index contributed by atoms with van der Waals surface area (Å²) in [6.45, 7) is 4.79. The van der Waals surface area contributed by atoms with E-state index in [9.17, 15) is 4.79 Å². The highest BCUT2D eigenvalue weighted by Gasteiger charge is 2.31. The summed E-state index contributed by atoms with van der Waals surface area (Å²) in [7, 11) is 0. The quantitative estimate of drug-likeness (QED) is 0.923. The number of para-hydroxylation sites is 1. The Labute approximate surface area is 140 Å². The molecule has 0 unspecified atom stereocenters. The predicted molar refractivity (Wildman–Crippen MR) is 90.5 cm³/mol. The van der Waals surface area contributed by atoms with Gasteiger partial charge in [0.2, 0.25) is 5.91 Å². The summed E-state index contributed by atoms with van der Waals surface area (Å²) in [5.74, 6) is 1.25. The van der Waals surface area contributed by atoms with Crippen LogP contribution in [0.2, 0.25) is 5.02 Å². The van der Waals surface area contributed by atoms with Crippen LogP contribution in [0.3, 0.4) is 0 Å². The number of hydrogen-bond donors (Lipinski definition) is 1. The van der Waals surface area contributed by atoms with Crippen molar-refractivity contribution in [2.75, 3.05) is 18.5 Å². The first kappa shape index (κ1) is 15.7. The Bertz CT molecular complexity index is 743. The maximum absolute atomic E-state index is 12.7. The van der Waals surface area contributed by atoms with E-state index in [0.717, 1.165) is 5.56 Å². The maximum Gasteiger partial charge on any atom is 0.234 e. The van der Waals surface area contributed by atoms with Crippen molar-refractivity contribution >= 4 is 23.2 Å². The van der Waals surface area contributed by atoms with Gasteiger partial charge in [-0.15, -0.1) is 0 Å². The average Bonchev–Trinajstić information content (AvgIpc) is 2.56. The first-order valence-corrected chi connectivity index (χ1v) is 7.82. The molecule has 1 aliphatic heterocycles. The van der Waals surface area contributed by atoms with Crippen molar-refractivity contribution in [3.8, 4) is 11.5 Å². The Morgan fingerprint density at radius 3 is 2.52 bits per heavy atom. The second-order valence-electron chi connectivity index (χ2n) is 5.92. The van der Waals surface area contributed by atoms with Gasteiger partial charge < -0.3 is 14.8 Å². The van der Waals surface area contributed by atoms with Crippen LogP contribution in [0.4, 0.5) is 5.69 Å². The van der Waals surface area contributed by atoms with E-state index in [1.807, 2.05) is 44.2 Å². The van der Waals surface area contributed by atoms with Crippen molar-refractivity contribution in [1.82, 2.24) is 0 Å². The molecule has 0 spiro atoms. The first-order chi connectivity index (χ1) is 11.0. The lowest BCUT2D eigenvalue weighted by atomic mass is 9.83. The molecule has 1 amide bonds. The van der Waals surface area contributed by atoms with Crippen molar-refractivity contribution in [3.05, 3.63) is 53.1 Å². The van der Waals surface area contributed by atoms with Crippen LogP contribution in [-0.2, 0) is 10.2 Å². The number of ether oxygens (including phenoxy) is 2. The van der Waals surface area contributed by atoms with E-state index < -0.39 is 5.41 Å². The van der Waals surface area contributed by atoms with Gasteiger partial charge in [-0.2, -0.15) is 0 Å². The van der Waals surface area contributed by atoms with Crippen molar-refractivity contribution < 1.29 is 14.3 Å². The minimum absolute atomic E-state index is 0.137. The number of rotatable bonds is 3. The van der Waals surface area contributed by atoms with Gasteiger partial charge in [0.25, 0.3) is 0 Å². The molecule has 23 heavy (non-hydrogen) atoms. The predicted octanol–water partition coefficient (Wildman–Crippen LogP) is 4.03. The third-order valence-electron chi connectivity index (χ3n) is 3.95. The Kier molecular flexibility index (Phi) is 4.18. The minimum atomic E-state index is -0.741. The number of amides is 1. The molecule has 0 radical (unpaired) electrons. The summed E-state index contributed by atoms with van der Waals surface area (Å²) in [6, 6.07) is 12.8. The molecule has 3 rings (SSSR count). The van der Waals surface area contributed by atoms with E-state index in [4.69, 9.17) is 21.1 Å². The van der Waals surface area contributed by atoms with Gasteiger partial charge in [0.05, 0.1) is 16.1 Å². The molecule has 5 heteroatoms. The number of anilines is 1. The van der Waals surface area contributed by atoms with Crippen LogP contribution in [0.1, 0.15) is 19.4 Å². The summed E-state index contributed by atoms with van der Waals surface area (Å²) in [5, 5.41) is 3.40. The SMILES string of the molecule is CC(C)(C(=O)Nc1ccccc1Cl)c1ccc2c(c1)OCCO2. The number of halogens is 1. The molecule has 1 N–H and O–H groups in total. The molecule has 0 aromatic heterocycles. The molecule has 2 aromatic rings. The third-order valence-corrected chi connectivity index (χ3v) is 4.28. The number of nitrogens with one attached hydrogen (secondary N) is 1. The van der Waals surface area contributed by atoms with Crippen molar-refractivity contribution in [1.29, 1.82) is 0 Å². The molecular weight excluding hydrogens is 314 g/mol. The van der Waals surface area contributed by atoms with Crippen LogP contribution in [0.5, 0.6) is 11.5 Å². The number of carbonyl (C=O) groups excluding carboxylic acids is 1. The van der Waals surface area contributed by atoms with E-state index in [1.165, 1.54) is 0 Å². The summed E-state index contributed by atoms with van der Waals surface area (Å²) < 4.78 is 11.1. The lowest BCUT2D eigenvalue weighted by Crippen LogP contribution is -2.35. The van der Waals surface area contributed by atoms with E-state index in [2.05, 4.69) is 5.32 Å². The lowest BCUT2D eigenvalue weighted by molar-refractivity contribution is -0.120. The zero-order valence-electron chi connectivity index (χ0n) is 13.1. The molecule has 1 heterocycles. The largest absolute Gasteiger partial charge is 0.486 e. The molecule has 1 aliphatic rings. The Morgan fingerprint density at radius 2 is 1.78 bits per heavy atom. The topological polar surface area (TPSA) is 47.6 Å². The van der Waals surface area contributed by atoms with Gasteiger partial charge in [-0.1, -0.05) is 29.8 Å². The monoisotopic (exact) mass is 331 g/mol. The molecule has 0 atom stereocenters. The van der Waals surface area contributed by atoms with Crippen LogP contribution >= 0.6 is 11.6 Å². The molecule has 120 valence electrons. The van der Waals surface area contributed by atoms with Crippen molar-refractivity contribution in [3.63, 3.8) is 0 Å². The summed E-state index contributed by atoms with van der Waals surface area (Å²) in [5.41, 5.74) is 0.714. The number of carbonyl (C=O) groups is 1. The van der Waals surface area contributed by atoms with E-state index in [-0.39, 0.29) is 5.91 Å². The standard InChI is InChI=1S/C18H18ClNO3/c1-18(2,17(21)20-14-6-4-3-5-13(14)19)12-7-8-15-16(11-12)23-10-9-22-15/h3-8,11H,9-10H2,1-2H3,(H,20,21). The van der Waals surface area contributed by atoms with Crippen molar-refractivity contribution in [2.45, 2.75) is 19.3 Å². The number of hydrogen-bond acceptors (Lipinski definition) is 3. The second kappa shape index (κ2) is 6.13. The zero-order chi connectivity index (χ0) is 16.4. The van der Waals surface area contributed by atoms with Gasteiger partial charge in [0.1, 0.15) is 13.2 Å². The Balaban J connectivity index is 1.85. The van der Waals surface area contributed by atoms with E-state index in [1.54, 1.807) is 12.1 Å². The van der Waals surface area contributed by atoms with Gasteiger partial charge in [-0.05, 0) is 43.7 Å². The van der Waals surface area contributed by atoms with E-state index >= 15 is 0 Å². The highest BCUT2D eigenvalue weighted by Crippen LogP contribution is 2.36. The fourth-order valence-corrected chi connectivity index (χ4v) is 2.59.